The summed E-state index contributed by atoms with van der Waals surface area (Å²) in [5, 5.41) is 11.0. The summed E-state index contributed by atoms with van der Waals surface area (Å²) in [6.45, 7) is 6.64. The maximum Gasteiger partial charge on any atom is 0.320 e. The van der Waals surface area contributed by atoms with Gasteiger partial charge in [0.15, 0.2) is 0 Å². The molecule has 1 fully saturated rings. The Labute approximate surface area is 162 Å². The Bertz CT molecular complexity index is 966. The van der Waals surface area contributed by atoms with E-state index in [9.17, 15) is 4.79 Å². The molecule has 0 atom stereocenters. The molecule has 146 valence electrons. The normalized spacial score (nSPS) is 14.9. The standard InChI is InChI=1S/C19H23N7O2/c1-14-10-16(2-3-20-14)26-17-13-22-18(11-15(17)12-23-26)24-19(27)21-4-5-25-6-8-28-9-7-25/h2-3,10-13H,4-9H2,1H3,(H2,21,22,24,27). The van der Waals surface area contributed by atoms with Gasteiger partial charge in [-0.3, -0.25) is 15.2 Å². The van der Waals surface area contributed by atoms with Crippen molar-refractivity contribution < 1.29 is 9.53 Å². The lowest BCUT2D eigenvalue weighted by Crippen LogP contribution is -2.42. The van der Waals surface area contributed by atoms with Crippen molar-refractivity contribution >= 4 is 22.8 Å². The summed E-state index contributed by atoms with van der Waals surface area (Å²) in [5.74, 6) is 0.488. The van der Waals surface area contributed by atoms with Gasteiger partial charge in [0.2, 0.25) is 0 Å². The average Bonchev–Trinajstić information content (AvgIpc) is 3.12. The average molecular weight is 381 g/mol. The topological polar surface area (TPSA) is 97.2 Å². The second kappa shape index (κ2) is 8.32. The van der Waals surface area contributed by atoms with Gasteiger partial charge < -0.3 is 10.1 Å². The zero-order chi connectivity index (χ0) is 19.3. The van der Waals surface area contributed by atoms with Gasteiger partial charge in [0.25, 0.3) is 0 Å². The Morgan fingerprint density at radius 2 is 2.07 bits per heavy atom. The van der Waals surface area contributed by atoms with Crippen molar-refractivity contribution in [1.29, 1.82) is 0 Å². The first-order valence-electron chi connectivity index (χ1n) is 9.31. The number of anilines is 1. The van der Waals surface area contributed by atoms with Crippen LogP contribution < -0.4 is 10.6 Å². The summed E-state index contributed by atoms with van der Waals surface area (Å²) in [6.07, 6.45) is 5.22. The molecule has 0 aliphatic carbocycles. The highest BCUT2D eigenvalue weighted by Crippen LogP contribution is 2.20. The molecule has 1 aliphatic rings. The van der Waals surface area contributed by atoms with Crippen LogP contribution in [0.25, 0.3) is 16.6 Å². The summed E-state index contributed by atoms with van der Waals surface area (Å²) in [6, 6.07) is 5.40. The van der Waals surface area contributed by atoms with Crippen LogP contribution in [0.15, 0.2) is 36.8 Å². The van der Waals surface area contributed by atoms with Crippen LogP contribution >= 0.6 is 0 Å². The number of hydrogen-bond donors (Lipinski definition) is 2. The summed E-state index contributed by atoms with van der Waals surface area (Å²) in [5.41, 5.74) is 2.70. The fourth-order valence-corrected chi connectivity index (χ4v) is 3.18. The van der Waals surface area contributed by atoms with Crippen molar-refractivity contribution in [2.45, 2.75) is 6.92 Å². The molecule has 0 spiro atoms. The zero-order valence-electron chi connectivity index (χ0n) is 15.8. The van der Waals surface area contributed by atoms with Crippen LogP contribution in [-0.4, -0.2) is 70.1 Å². The number of urea groups is 1. The molecule has 0 aromatic carbocycles. The smallest absolute Gasteiger partial charge is 0.320 e. The van der Waals surface area contributed by atoms with E-state index in [4.69, 9.17) is 4.74 Å². The van der Waals surface area contributed by atoms with Crippen LogP contribution in [0.1, 0.15) is 5.69 Å². The number of aryl methyl sites for hydroxylation is 1. The molecule has 4 rings (SSSR count). The molecule has 0 radical (unpaired) electrons. The number of morpholine rings is 1. The van der Waals surface area contributed by atoms with E-state index >= 15 is 0 Å². The minimum atomic E-state index is -0.266. The van der Waals surface area contributed by atoms with Gasteiger partial charge in [-0.15, -0.1) is 0 Å². The molecule has 9 nitrogen and oxygen atoms in total. The van der Waals surface area contributed by atoms with E-state index in [0.717, 1.165) is 55.1 Å². The number of carbonyl (C=O) groups excluding carboxylic acids is 1. The second-order valence-electron chi connectivity index (χ2n) is 6.68. The van der Waals surface area contributed by atoms with Crippen molar-refractivity contribution in [3.05, 3.63) is 42.5 Å². The molecule has 3 aromatic heterocycles. The van der Waals surface area contributed by atoms with Crippen LogP contribution in [0.4, 0.5) is 10.6 Å². The number of amides is 2. The van der Waals surface area contributed by atoms with Gasteiger partial charge in [0.05, 0.1) is 36.8 Å². The molecule has 2 amide bonds. The number of nitrogens with zero attached hydrogens (tertiary/aromatic N) is 5. The molecule has 28 heavy (non-hydrogen) atoms. The second-order valence-corrected chi connectivity index (χ2v) is 6.68. The third-order valence-electron chi connectivity index (χ3n) is 4.64. The van der Waals surface area contributed by atoms with Crippen molar-refractivity contribution in [2.24, 2.45) is 0 Å². The zero-order valence-corrected chi connectivity index (χ0v) is 15.8. The molecule has 9 heteroatoms. The highest BCUT2D eigenvalue weighted by Gasteiger charge is 2.11. The number of rotatable bonds is 5. The lowest BCUT2D eigenvalue weighted by Gasteiger charge is -2.26. The maximum absolute atomic E-state index is 12.1. The summed E-state index contributed by atoms with van der Waals surface area (Å²) in [4.78, 5) is 22.9. The van der Waals surface area contributed by atoms with E-state index in [0.29, 0.717) is 12.4 Å². The molecule has 0 bridgehead atoms. The number of aromatic nitrogens is 4. The number of fused-ring (bicyclic) bond motifs is 1. The molecule has 1 aliphatic heterocycles. The van der Waals surface area contributed by atoms with Crippen molar-refractivity contribution in [1.82, 2.24) is 30.0 Å². The fraction of sp³-hybridized carbons (Fsp3) is 0.368. The number of ether oxygens (including phenoxy) is 1. The van der Waals surface area contributed by atoms with Gasteiger partial charge in [-0.2, -0.15) is 5.10 Å². The van der Waals surface area contributed by atoms with Crippen molar-refractivity contribution in [3.8, 4) is 5.69 Å². The Morgan fingerprint density at radius 3 is 2.89 bits per heavy atom. The van der Waals surface area contributed by atoms with Gasteiger partial charge in [-0.25, -0.2) is 14.5 Å². The van der Waals surface area contributed by atoms with Crippen LogP contribution in [0.2, 0.25) is 0 Å². The van der Waals surface area contributed by atoms with Crippen molar-refractivity contribution in [3.63, 3.8) is 0 Å². The van der Waals surface area contributed by atoms with Gasteiger partial charge in [-0.05, 0) is 25.1 Å². The van der Waals surface area contributed by atoms with Crippen LogP contribution in [0, 0.1) is 6.92 Å². The van der Waals surface area contributed by atoms with E-state index in [2.05, 4.69) is 30.6 Å². The highest BCUT2D eigenvalue weighted by molar-refractivity contribution is 5.91. The number of nitrogens with one attached hydrogen (secondary N) is 2. The van der Waals surface area contributed by atoms with E-state index < -0.39 is 0 Å². The quantitative estimate of drug-likeness (QED) is 0.696. The first-order valence-corrected chi connectivity index (χ1v) is 9.31. The molecule has 4 heterocycles. The maximum atomic E-state index is 12.1. The van der Waals surface area contributed by atoms with Crippen LogP contribution in [0.5, 0.6) is 0 Å². The number of carbonyl (C=O) groups is 1. The molecule has 0 saturated carbocycles. The third-order valence-corrected chi connectivity index (χ3v) is 4.64. The lowest BCUT2D eigenvalue weighted by atomic mass is 10.3. The summed E-state index contributed by atoms with van der Waals surface area (Å²) in [7, 11) is 0. The predicted octanol–water partition coefficient (Wildman–Crippen LogP) is 1.58. The third kappa shape index (κ3) is 4.26. The first kappa shape index (κ1) is 18.3. The number of hydrogen-bond acceptors (Lipinski definition) is 6. The van der Waals surface area contributed by atoms with E-state index in [1.165, 1.54) is 0 Å². The molecule has 2 N–H and O–H groups in total. The highest BCUT2D eigenvalue weighted by atomic mass is 16.5. The van der Waals surface area contributed by atoms with E-state index in [1.807, 2.05) is 29.8 Å². The largest absolute Gasteiger partial charge is 0.379 e. The molecular formula is C19H23N7O2. The fourth-order valence-electron chi connectivity index (χ4n) is 3.18. The minimum Gasteiger partial charge on any atom is -0.379 e. The lowest BCUT2D eigenvalue weighted by molar-refractivity contribution is 0.0388. The minimum absolute atomic E-state index is 0.266. The monoisotopic (exact) mass is 381 g/mol. The summed E-state index contributed by atoms with van der Waals surface area (Å²) < 4.78 is 7.13. The van der Waals surface area contributed by atoms with Gasteiger partial charge >= 0.3 is 6.03 Å². The Morgan fingerprint density at radius 1 is 1.21 bits per heavy atom. The van der Waals surface area contributed by atoms with Crippen LogP contribution in [-0.2, 0) is 4.74 Å². The SMILES string of the molecule is Cc1cc(-n2ncc3cc(NC(=O)NCCN4CCOCC4)ncc32)ccn1. The van der Waals surface area contributed by atoms with Crippen molar-refractivity contribution in [2.75, 3.05) is 44.7 Å². The summed E-state index contributed by atoms with van der Waals surface area (Å²) >= 11 is 0. The molecular weight excluding hydrogens is 358 g/mol. The Kier molecular flexibility index (Phi) is 5.45. The predicted molar refractivity (Wildman–Crippen MR) is 106 cm³/mol. The molecule has 1 saturated heterocycles. The van der Waals surface area contributed by atoms with Gasteiger partial charge in [0.1, 0.15) is 5.82 Å². The molecule has 0 unspecified atom stereocenters. The van der Waals surface area contributed by atoms with E-state index in [-0.39, 0.29) is 6.03 Å². The first-order chi connectivity index (χ1) is 13.7. The van der Waals surface area contributed by atoms with Crippen LogP contribution in [0.3, 0.4) is 0 Å². The molecule has 3 aromatic rings. The van der Waals surface area contributed by atoms with E-state index in [1.54, 1.807) is 18.6 Å². The number of pyridine rings is 2. The Hall–Kier alpha value is -3.04. The Balaban J connectivity index is 1.37. The van der Waals surface area contributed by atoms with Gasteiger partial charge in [-0.1, -0.05) is 0 Å². The van der Waals surface area contributed by atoms with Gasteiger partial charge in [0, 0.05) is 43.5 Å².